The number of nitrogens with zero attached hydrogens (tertiary/aromatic N) is 6. The molecule has 0 aliphatic carbocycles. The largest absolute Gasteiger partial charge is 0.494 e. The summed E-state index contributed by atoms with van der Waals surface area (Å²) in [5, 5.41) is 10.3. The summed E-state index contributed by atoms with van der Waals surface area (Å²) in [5.41, 5.74) is 1.30. The SMILES string of the molecule is CCN(CC)c1cc2c(cc1N=Cc1c(O)n(C)c(=O)n(C)c1=O)n(C)c(=O)n2C. The Morgan fingerprint density at radius 2 is 1.43 bits per heavy atom. The van der Waals surface area contributed by atoms with Gasteiger partial charge in [-0.25, -0.2) is 9.59 Å². The first kappa shape index (κ1) is 21.2. The summed E-state index contributed by atoms with van der Waals surface area (Å²) in [6.45, 7) is 5.47. The van der Waals surface area contributed by atoms with Gasteiger partial charge in [-0.1, -0.05) is 0 Å². The van der Waals surface area contributed by atoms with Gasteiger partial charge in [0.05, 0.1) is 22.4 Å². The van der Waals surface area contributed by atoms with Gasteiger partial charge in [-0.15, -0.1) is 0 Å². The topological polar surface area (TPSA) is 107 Å². The van der Waals surface area contributed by atoms with E-state index in [-0.39, 0.29) is 11.3 Å². The first-order chi connectivity index (χ1) is 14.1. The van der Waals surface area contributed by atoms with E-state index in [0.29, 0.717) is 11.2 Å². The minimum absolute atomic E-state index is 0.0906. The predicted molar refractivity (Wildman–Crippen MR) is 118 cm³/mol. The van der Waals surface area contributed by atoms with Crippen LogP contribution in [-0.4, -0.2) is 42.7 Å². The number of hydrogen-bond donors (Lipinski definition) is 1. The van der Waals surface area contributed by atoms with E-state index in [0.717, 1.165) is 33.4 Å². The average Bonchev–Trinajstić information content (AvgIpc) is 2.95. The van der Waals surface area contributed by atoms with Crippen LogP contribution in [0.1, 0.15) is 19.4 Å². The molecular weight excluding hydrogens is 388 g/mol. The van der Waals surface area contributed by atoms with Gasteiger partial charge in [-0.2, -0.15) is 0 Å². The maximum atomic E-state index is 12.5. The van der Waals surface area contributed by atoms with Crippen LogP contribution >= 0.6 is 0 Å². The lowest BCUT2D eigenvalue weighted by Gasteiger charge is -2.23. The molecule has 0 saturated heterocycles. The third-order valence-corrected chi connectivity index (χ3v) is 5.47. The number of aryl methyl sites for hydroxylation is 2. The van der Waals surface area contributed by atoms with E-state index in [4.69, 9.17) is 0 Å². The zero-order chi connectivity index (χ0) is 22.3. The highest BCUT2D eigenvalue weighted by molar-refractivity contribution is 5.91. The molecular formula is C20H26N6O4. The molecule has 10 nitrogen and oxygen atoms in total. The van der Waals surface area contributed by atoms with Crippen LogP contribution < -0.4 is 21.8 Å². The number of rotatable bonds is 5. The van der Waals surface area contributed by atoms with Crippen molar-refractivity contribution in [2.24, 2.45) is 33.2 Å². The second-order valence-corrected chi connectivity index (χ2v) is 7.10. The molecule has 0 aliphatic rings. The minimum atomic E-state index is -0.642. The third-order valence-electron chi connectivity index (χ3n) is 5.47. The Labute approximate surface area is 172 Å². The fourth-order valence-corrected chi connectivity index (χ4v) is 3.55. The van der Waals surface area contributed by atoms with Gasteiger partial charge in [-0.05, 0) is 26.0 Å². The van der Waals surface area contributed by atoms with E-state index >= 15 is 0 Å². The number of aromatic hydroxyl groups is 1. The quantitative estimate of drug-likeness (QED) is 0.615. The van der Waals surface area contributed by atoms with Crippen LogP contribution in [0, 0.1) is 0 Å². The number of hydrogen-bond acceptors (Lipinski definition) is 6. The van der Waals surface area contributed by atoms with Crippen molar-refractivity contribution in [3.63, 3.8) is 0 Å². The van der Waals surface area contributed by atoms with Crippen molar-refractivity contribution in [3.8, 4) is 5.88 Å². The second-order valence-electron chi connectivity index (χ2n) is 7.10. The van der Waals surface area contributed by atoms with Crippen molar-refractivity contribution in [1.29, 1.82) is 0 Å². The first-order valence-corrected chi connectivity index (χ1v) is 9.61. The van der Waals surface area contributed by atoms with Crippen LogP contribution in [-0.2, 0) is 28.2 Å². The maximum Gasteiger partial charge on any atom is 0.333 e. The predicted octanol–water partition coefficient (Wildman–Crippen LogP) is 0.577. The summed E-state index contributed by atoms with van der Waals surface area (Å²) in [6, 6.07) is 3.68. The molecule has 0 amide bonds. The number of imidazole rings is 1. The molecule has 3 rings (SSSR count). The van der Waals surface area contributed by atoms with E-state index in [1.165, 1.54) is 24.9 Å². The Hall–Kier alpha value is -3.56. The van der Waals surface area contributed by atoms with E-state index < -0.39 is 17.1 Å². The molecule has 10 heteroatoms. The third kappa shape index (κ3) is 3.14. The van der Waals surface area contributed by atoms with Gasteiger partial charge >= 0.3 is 11.4 Å². The summed E-state index contributed by atoms with van der Waals surface area (Å²) < 4.78 is 5.00. The number of aliphatic imine (C=N–C) groups is 1. The highest BCUT2D eigenvalue weighted by atomic mass is 16.3. The van der Waals surface area contributed by atoms with Gasteiger partial charge in [0.2, 0.25) is 5.88 Å². The zero-order valence-electron chi connectivity index (χ0n) is 18.0. The summed E-state index contributed by atoms with van der Waals surface area (Å²) in [4.78, 5) is 43.3. The molecule has 30 heavy (non-hydrogen) atoms. The number of aromatic nitrogens is 4. The molecule has 0 atom stereocenters. The van der Waals surface area contributed by atoms with Gasteiger partial charge in [-0.3, -0.25) is 28.1 Å². The molecule has 0 radical (unpaired) electrons. The number of anilines is 1. The molecule has 160 valence electrons. The van der Waals surface area contributed by atoms with Crippen molar-refractivity contribution >= 4 is 28.6 Å². The Kier molecular flexibility index (Phi) is 5.43. The molecule has 0 spiro atoms. The van der Waals surface area contributed by atoms with Crippen molar-refractivity contribution < 1.29 is 5.11 Å². The molecule has 2 heterocycles. The Morgan fingerprint density at radius 3 is 2.00 bits per heavy atom. The summed E-state index contributed by atoms with van der Waals surface area (Å²) in [6.07, 6.45) is 1.26. The van der Waals surface area contributed by atoms with Gasteiger partial charge in [0.15, 0.2) is 0 Å². The lowest BCUT2D eigenvalue weighted by molar-refractivity contribution is 0.410. The molecule has 0 aliphatic heterocycles. The zero-order valence-corrected chi connectivity index (χ0v) is 18.0. The van der Waals surface area contributed by atoms with Gasteiger partial charge in [0.1, 0.15) is 5.56 Å². The van der Waals surface area contributed by atoms with Gasteiger partial charge in [0.25, 0.3) is 5.56 Å². The standard InChI is InChI=1S/C20H26N6O4/c1-7-26(8-2)14-10-16-15(22(3)19(29)23(16)4)9-13(14)21-11-12-17(27)24(5)20(30)25(6)18(12)28/h9-11,27H,7-8H2,1-6H3. The molecule has 1 aromatic carbocycles. The monoisotopic (exact) mass is 414 g/mol. The highest BCUT2D eigenvalue weighted by Crippen LogP contribution is 2.33. The summed E-state index contributed by atoms with van der Waals surface area (Å²) in [5.74, 6) is -0.454. The Balaban J connectivity index is 2.29. The lowest BCUT2D eigenvalue weighted by atomic mass is 10.2. The minimum Gasteiger partial charge on any atom is -0.494 e. The molecule has 3 aromatic rings. The van der Waals surface area contributed by atoms with Crippen LogP contribution in [0.4, 0.5) is 11.4 Å². The van der Waals surface area contributed by atoms with E-state index in [9.17, 15) is 19.5 Å². The molecule has 1 N–H and O–H groups in total. The molecule has 0 saturated carbocycles. The van der Waals surface area contributed by atoms with Crippen molar-refractivity contribution in [1.82, 2.24) is 18.3 Å². The van der Waals surface area contributed by atoms with Crippen LogP contribution in [0.3, 0.4) is 0 Å². The second kappa shape index (κ2) is 7.69. The van der Waals surface area contributed by atoms with Crippen LogP contribution in [0.2, 0.25) is 0 Å². The van der Waals surface area contributed by atoms with E-state index in [1.54, 1.807) is 24.7 Å². The van der Waals surface area contributed by atoms with Crippen molar-refractivity contribution in [3.05, 3.63) is 49.0 Å². The molecule has 0 bridgehead atoms. The first-order valence-electron chi connectivity index (χ1n) is 9.61. The fourth-order valence-electron chi connectivity index (χ4n) is 3.55. The number of fused-ring (bicyclic) bond motifs is 1. The van der Waals surface area contributed by atoms with Crippen molar-refractivity contribution in [2.45, 2.75) is 13.8 Å². The van der Waals surface area contributed by atoms with Crippen LogP contribution in [0.25, 0.3) is 11.0 Å². The summed E-state index contributed by atoms with van der Waals surface area (Å²) in [7, 11) is 6.12. The Morgan fingerprint density at radius 1 is 0.900 bits per heavy atom. The van der Waals surface area contributed by atoms with Gasteiger partial charge < -0.3 is 10.0 Å². The lowest BCUT2D eigenvalue weighted by Crippen LogP contribution is -2.38. The molecule has 2 aromatic heterocycles. The van der Waals surface area contributed by atoms with Crippen molar-refractivity contribution in [2.75, 3.05) is 18.0 Å². The summed E-state index contributed by atoms with van der Waals surface area (Å²) >= 11 is 0. The fraction of sp³-hybridized carbons (Fsp3) is 0.400. The highest BCUT2D eigenvalue weighted by Gasteiger charge is 2.17. The smallest absolute Gasteiger partial charge is 0.333 e. The molecule has 0 fully saturated rings. The maximum absolute atomic E-state index is 12.5. The normalized spacial score (nSPS) is 11.7. The Bertz CT molecular complexity index is 1330. The van der Waals surface area contributed by atoms with Crippen LogP contribution in [0.15, 0.2) is 31.5 Å². The average molecular weight is 414 g/mol. The van der Waals surface area contributed by atoms with Crippen LogP contribution in [0.5, 0.6) is 5.88 Å². The molecule has 0 unspecified atom stereocenters. The van der Waals surface area contributed by atoms with Gasteiger partial charge in [0, 0.05) is 47.5 Å². The number of benzene rings is 1. The van der Waals surface area contributed by atoms with E-state index in [1.807, 2.05) is 19.9 Å². The van der Waals surface area contributed by atoms with E-state index in [2.05, 4.69) is 9.89 Å².